The number of Topliss-reactive ketones (excluding diaryl/α,β-unsaturated/α-hetero) is 1. The van der Waals surface area contributed by atoms with Gasteiger partial charge in [-0.05, 0) is 47.7 Å². The number of ether oxygens (including phenoxy) is 1. The van der Waals surface area contributed by atoms with Gasteiger partial charge in [0.25, 0.3) is 0 Å². The van der Waals surface area contributed by atoms with Gasteiger partial charge in [0, 0.05) is 30.0 Å². The monoisotopic (exact) mass is 461 g/mol. The second-order valence-electron chi connectivity index (χ2n) is 9.43. The molecular formula is C32H31NO2. The van der Waals surface area contributed by atoms with Crippen LogP contribution in [0.4, 0.5) is 0 Å². The van der Waals surface area contributed by atoms with Crippen molar-refractivity contribution >= 4 is 5.78 Å². The van der Waals surface area contributed by atoms with E-state index < -0.39 is 0 Å². The van der Waals surface area contributed by atoms with Crippen LogP contribution in [0.3, 0.4) is 0 Å². The molecule has 0 amide bonds. The smallest absolute Gasteiger partial charge is 0.167 e. The second kappa shape index (κ2) is 10.7. The minimum atomic E-state index is 0.149. The maximum Gasteiger partial charge on any atom is 0.167 e. The number of hydrogen-bond acceptors (Lipinski definition) is 3. The predicted octanol–water partition coefficient (Wildman–Crippen LogP) is 6.69. The van der Waals surface area contributed by atoms with E-state index in [2.05, 4.69) is 48.6 Å². The highest BCUT2D eigenvalue weighted by molar-refractivity contribution is 5.97. The van der Waals surface area contributed by atoms with E-state index in [-0.39, 0.29) is 11.8 Å². The lowest BCUT2D eigenvalue weighted by atomic mass is 9.98. The maximum atomic E-state index is 12.8. The fraction of sp³-hybridized carbons (Fsp3) is 0.219. The Hall–Kier alpha value is -3.69. The topological polar surface area (TPSA) is 38.3 Å². The lowest BCUT2D eigenvalue weighted by Crippen LogP contribution is -2.34. The van der Waals surface area contributed by atoms with Crippen molar-refractivity contribution in [3.63, 3.8) is 0 Å². The Morgan fingerprint density at radius 3 is 2.14 bits per heavy atom. The fourth-order valence-corrected chi connectivity index (χ4v) is 4.55. The zero-order valence-electron chi connectivity index (χ0n) is 20.1. The van der Waals surface area contributed by atoms with Crippen molar-refractivity contribution in [1.29, 1.82) is 0 Å². The highest BCUT2D eigenvalue weighted by atomic mass is 16.5. The van der Waals surface area contributed by atoms with E-state index >= 15 is 0 Å². The first kappa shape index (κ1) is 23.1. The average molecular weight is 462 g/mol. The predicted molar refractivity (Wildman–Crippen MR) is 142 cm³/mol. The molecular weight excluding hydrogens is 430 g/mol. The van der Waals surface area contributed by atoms with Crippen molar-refractivity contribution in [1.82, 2.24) is 5.32 Å². The Bertz CT molecular complexity index is 1230. The van der Waals surface area contributed by atoms with Gasteiger partial charge >= 0.3 is 0 Å². The average Bonchev–Trinajstić information content (AvgIpc) is 3.68. The number of para-hydroxylation sites is 1. The Morgan fingerprint density at radius 1 is 0.829 bits per heavy atom. The van der Waals surface area contributed by atoms with Crippen LogP contribution >= 0.6 is 0 Å². The highest BCUT2D eigenvalue weighted by Gasteiger charge is 2.38. The zero-order valence-corrected chi connectivity index (χ0v) is 20.1. The first-order chi connectivity index (χ1) is 17.2. The van der Waals surface area contributed by atoms with Crippen molar-refractivity contribution in [2.75, 3.05) is 6.61 Å². The van der Waals surface area contributed by atoms with Gasteiger partial charge in [-0.3, -0.25) is 4.79 Å². The van der Waals surface area contributed by atoms with Gasteiger partial charge in [0.2, 0.25) is 0 Å². The molecule has 3 heteroatoms. The molecule has 1 fully saturated rings. The molecule has 4 aromatic rings. The number of benzene rings is 4. The van der Waals surface area contributed by atoms with Crippen molar-refractivity contribution in [3.8, 4) is 16.9 Å². The molecule has 176 valence electrons. The summed E-state index contributed by atoms with van der Waals surface area (Å²) < 4.78 is 5.86. The number of carbonyl (C=O) groups excluding carboxylic acids is 1. The minimum absolute atomic E-state index is 0.149. The van der Waals surface area contributed by atoms with Crippen LogP contribution in [0.15, 0.2) is 109 Å². The summed E-state index contributed by atoms with van der Waals surface area (Å²) in [7, 11) is 0. The molecule has 3 atom stereocenters. The van der Waals surface area contributed by atoms with Gasteiger partial charge in [-0.1, -0.05) is 97.1 Å². The van der Waals surface area contributed by atoms with E-state index in [0.717, 1.165) is 34.4 Å². The summed E-state index contributed by atoms with van der Waals surface area (Å²) in [5.41, 5.74) is 5.43. The molecule has 3 unspecified atom stereocenters. The third kappa shape index (κ3) is 6.06. The Labute approximate surface area is 207 Å². The van der Waals surface area contributed by atoms with E-state index in [4.69, 9.17) is 4.74 Å². The summed E-state index contributed by atoms with van der Waals surface area (Å²) >= 11 is 0. The van der Waals surface area contributed by atoms with Crippen LogP contribution in [0.2, 0.25) is 0 Å². The molecule has 1 saturated carbocycles. The number of rotatable bonds is 10. The van der Waals surface area contributed by atoms with E-state index in [1.165, 1.54) is 5.56 Å². The number of ketones is 1. The van der Waals surface area contributed by atoms with Crippen molar-refractivity contribution in [2.24, 2.45) is 0 Å². The molecule has 0 aliphatic heterocycles. The van der Waals surface area contributed by atoms with Gasteiger partial charge in [0.05, 0.1) is 0 Å². The van der Waals surface area contributed by atoms with Crippen LogP contribution in [0, 0.1) is 0 Å². The van der Waals surface area contributed by atoms with Gasteiger partial charge < -0.3 is 10.1 Å². The van der Waals surface area contributed by atoms with Crippen molar-refractivity contribution in [2.45, 2.75) is 37.8 Å². The largest absolute Gasteiger partial charge is 0.492 e. The fourth-order valence-electron chi connectivity index (χ4n) is 4.55. The standard InChI is InChI=1S/C32H31NO2/c1-23(22-35-29-10-6-3-7-11-29)33-31-21-30(31)27-14-12-24(13-15-27)20-32(34)28-18-16-26(17-19-28)25-8-4-2-5-9-25/h2-19,23,30-31,33H,20-22H2,1H3. The van der Waals surface area contributed by atoms with Gasteiger partial charge in [0.15, 0.2) is 5.78 Å². The van der Waals surface area contributed by atoms with Gasteiger partial charge in [-0.2, -0.15) is 0 Å². The molecule has 4 aromatic carbocycles. The first-order valence-corrected chi connectivity index (χ1v) is 12.4. The molecule has 35 heavy (non-hydrogen) atoms. The summed E-state index contributed by atoms with van der Waals surface area (Å²) in [6.45, 7) is 2.82. The lowest BCUT2D eigenvalue weighted by Gasteiger charge is -2.15. The Kier molecular flexibility index (Phi) is 7.06. The summed E-state index contributed by atoms with van der Waals surface area (Å²) in [5, 5.41) is 3.68. The molecule has 0 aromatic heterocycles. The molecule has 0 heterocycles. The Morgan fingerprint density at radius 2 is 1.46 bits per heavy atom. The molecule has 0 saturated heterocycles. The maximum absolute atomic E-state index is 12.8. The molecule has 1 aliphatic rings. The third-order valence-electron chi connectivity index (χ3n) is 6.62. The van der Waals surface area contributed by atoms with Crippen molar-refractivity contribution < 1.29 is 9.53 Å². The first-order valence-electron chi connectivity index (χ1n) is 12.4. The van der Waals surface area contributed by atoms with Crippen LogP contribution in [0.5, 0.6) is 5.75 Å². The van der Waals surface area contributed by atoms with E-state index in [1.54, 1.807) is 0 Å². The van der Waals surface area contributed by atoms with E-state index in [9.17, 15) is 4.79 Å². The quantitative estimate of drug-likeness (QED) is 0.267. The summed E-state index contributed by atoms with van der Waals surface area (Å²) in [6.07, 6.45) is 1.56. The highest BCUT2D eigenvalue weighted by Crippen LogP contribution is 2.41. The van der Waals surface area contributed by atoms with Crippen LogP contribution in [-0.2, 0) is 6.42 Å². The summed E-state index contributed by atoms with van der Waals surface area (Å²) in [4.78, 5) is 12.8. The van der Waals surface area contributed by atoms with Crippen LogP contribution in [-0.4, -0.2) is 24.5 Å². The van der Waals surface area contributed by atoms with Crippen molar-refractivity contribution in [3.05, 3.63) is 126 Å². The van der Waals surface area contributed by atoms with E-state index in [0.29, 0.717) is 25.0 Å². The van der Waals surface area contributed by atoms with E-state index in [1.807, 2.05) is 72.8 Å². The van der Waals surface area contributed by atoms with Gasteiger partial charge in [-0.25, -0.2) is 0 Å². The summed E-state index contributed by atoms with van der Waals surface area (Å²) in [5.74, 6) is 1.59. The normalized spacial score (nSPS) is 17.5. The van der Waals surface area contributed by atoms with Crippen LogP contribution in [0.25, 0.3) is 11.1 Å². The number of carbonyl (C=O) groups is 1. The lowest BCUT2D eigenvalue weighted by molar-refractivity contribution is 0.0993. The molecule has 5 rings (SSSR count). The SMILES string of the molecule is CC(COc1ccccc1)NC1CC1c1ccc(CC(=O)c2ccc(-c3ccccc3)cc2)cc1. The second-order valence-corrected chi connectivity index (χ2v) is 9.43. The molecule has 0 bridgehead atoms. The zero-order chi connectivity index (χ0) is 24.0. The van der Waals surface area contributed by atoms with Crippen LogP contribution < -0.4 is 10.1 Å². The summed E-state index contributed by atoms with van der Waals surface area (Å²) in [6, 6.07) is 37.4. The van der Waals surface area contributed by atoms with Crippen LogP contribution in [0.1, 0.15) is 40.7 Å². The van der Waals surface area contributed by atoms with Gasteiger partial charge in [0.1, 0.15) is 12.4 Å². The number of hydrogen-bond donors (Lipinski definition) is 1. The molecule has 3 nitrogen and oxygen atoms in total. The molecule has 1 N–H and O–H groups in total. The number of nitrogens with one attached hydrogen (secondary N) is 1. The third-order valence-corrected chi connectivity index (χ3v) is 6.62. The molecule has 0 radical (unpaired) electrons. The molecule has 0 spiro atoms. The molecule has 1 aliphatic carbocycles. The Balaban J connectivity index is 1.10. The minimum Gasteiger partial charge on any atom is -0.492 e. The van der Waals surface area contributed by atoms with Gasteiger partial charge in [-0.15, -0.1) is 0 Å².